The molecule has 1 amide bonds. The summed E-state index contributed by atoms with van der Waals surface area (Å²) in [5, 5.41) is 3.10. The Balaban J connectivity index is 2.39. The highest BCUT2D eigenvalue weighted by Gasteiger charge is 2.08. The maximum Gasteiger partial charge on any atom is 0.224 e. The summed E-state index contributed by atoms with van der Waals surface area (Å²) >= 11 is 0. The van der Waals surface area contributed by atoms with Crippen molar-refractivity contribution < 1.29 is 4.79 Å². The number of hydrogen-bond acceptors (Lipinski definition) is 5. The number of rotatable bonds is 7. The van der Waals surface area contributed by atoms with Crippen LogP contribution in [0.2, 0.25) is 0 Å². The quantitative estimate of drug-likeness (QED) is 0.498. The number of carbonyl (C=O) groups is 1. The number of carbonyl (C=O) groups excluding carboxylic acids is 1. The molecule has 1 aromatic rings. The predicted octanol–water partition coefficient (Wildman–Crippen LogP) is 1.04. The Bertz CT molecular complexity index is 378. The molecule has 0 saturated heterocycles. The first-order valence-corrected chi connectivity index (χ1v) is 6.16. The van der Waals surface area contributed by atoms with E-state index in [9.17, 15) is 4.79 Å². The van der Waals surface area contributed by atoms with Crippen LogP contribution < -0.4 is 16.6 Å². The molecule has 0 fully saturated rings. The first-order valence-electron chi connectivity index (χ1n) is 6.16. The van der Waals surface area contributed by atoms with E-state index in [4.69, 9.17) is 5.84 Å². The molecule has 18 heavy (non-hydrogen) atoms. The van der Waals surface area contributed by atoms with E-state index in [0.29, 0.717) is 24.6 Å². The SMILES string of the molecule is CCN(CC)C(=O)CCNc1cccc(NN)n1. The lowest BCUT2D eigenvalue weighted by Gasteiger charge is -2.18. The van der Waals surface area contributed by atoms with E-state index < -0.39 is 0 Å². The summed E-state index contributed by atoms with van der Waals surface area (Å²) in [6, 6.07) is 5.45. The summed E-state index contributed by atoms with van der Waals surface area (Å²) in [4.78, 5) is 17.8. The van der Waals surface area contributed by atoms with Crippen LogP contribution in [0.4, 0.5) is 11.6 Å². The summed E-state index contributed by atoms with van der Waals surface area (Å²) in [5.74, 6) is 6.72. The number of nitrogens with two attached hydrogens (primary N) is 1. The zero-order valence-corrected chi connectivity index (χ0v) is 10.9. The number of pyridine rings is 1. The van der Waals surface area contributed by atoms with E-state index in [0.717, 1.165) is 13.1 Å². The molecule has 0 aliphatic rings. The number of hydrogen-bond donors (Lipinski definition) is 3. The second-order valence-corrected chi connectivity index (χ2v) is 3.80. The van der Waals surface area contributed by atoms with Gasteiger partial charge in [0, 0.05) is 26.1 Å². The first kappa shape index (κ1) is 14.2. The van der Waals surface area contributed by atoms with Crippen molar-refractivity contribution in [2.45, 2.75) is 20.3 Å². The lowest BCUT2D eigenvalue weighted by Crippen LogP contribution is -2.31. The van der Waals surface area contributed by atoms with Gasteiger partial charge >= 0.3 is 0 Å². The molecule has 4 N–H and O–H groups in total. The average molecular weight is 251 g/mol. The van der Waals surface area contributed by atoms with Crippen LogP contribution in [0.5, 0.6) is 0 Å². The Hall–Kier alpha value is -1.82. The lowest BCUT2D eigenvalue weighted by atomic mass is 10.3. The third kappa shape index (κ3) is 4.21. The van der Waals surface area contributed by atoms with Crippen molar-refractivity contribution in [1.82, 2.24) is 9.88 Å². The van der Waals surface area contributed by atoms with E-state index in [1.54, 1.807) is 6.07 Å². The smallest absolute Gasteiger partial charge is 0.224 e. The van der Waals surface area contributed by atoms with Gasteiger partial charge in [-0.05, 0) is 26.0 Å². The molecule has 0 unspecified atom stereocenters. The van der Waals surface area contributed by atoms with Gasteiger partial charge in [0.1, 0.15) is 11.6 Å². The van der Waals surface area contributed by atoms with Crippen LogP contribution in [0.15, 0.2) is 18.2 Å². The topological polar surface area (TPSA) is 83.3 Å². The molecule has 0 aromatic carbocycles. The summed E-state index contributed by atoms with van der Waals surface area (Å²) in [6.07, 6.45) is 0.462. The van der Waals surface area contributed by atoms with Crippen LogP contribution in [0.3, 0.4) is 0 Å². The van der Waals surface area contributed by atoms with Gasteiger partial charge in [-0.25, -0.2) is 10.8 Å². The highest BCUT2D eigenvalue weighted by atomic mass is 16.2. The van der Waals surface area contributed by atoms with Crippen molar-refractivity contribution in [2.24, 2.45) is 5.84 Å². The Morgan fingerprint density at radius 2 is 2.00 bits per heavy atom. The third-order valence-electron chi connectivity index (χ3n) is 2.66. The molecule has 100 valence electrons. The molecule has 0 spiro atoms. The highest BCUT2D eigenvalue weighted by molar-refractivity contribution is 5.76. The summed E-state index contributed by atoms with van der Waals surface area (Å²) in [6.45, 7) is 6.02. The molecular formula is C12H21N5O. The number of nitrogen functional groups attached to an aromatic ring is 1. The Labute approximate surface area is 108 Å². The normalized spacial score (nSPS) is 9.94. The largest absolute Gasteiger partial charge is 0.369 e. The number of nitrogens with zero attached hydrogens (tertiary/aromatic N) is 2. The van der Waals surface area contributed by atoms with Gasteiger partial charge in [0.05, 0.1) is 0 Å². The molecule has 0 aliphatic heterocycles. The van der Waals surface area contributed by atoms with Crippen molar-refractivity contribution in [2.75, 3.05) is 30.4 Å². The minimum atomic E-state index is 0.153. The van der Waals surface area contributed by atoms with Gasteiger partial charge < -0.3 is 15.6 Å². The molecule has 0 atom stereocenters. The minimum absolute atomic E-state index is 0.153. The molecule has 0 radical (unpaired) electrons. The molecule has 0 aliphatic carbocycles. The number of aromatic nitrogens is 1. The monoisotopic (exact) mass is 251 g/mol. The van der Waals surface area contributed by atoms with Crippen LogP contribution in [0.1, 0.15) is 20.3 Å². The fraction of sp³-hybridized carbons (Fsp3) is 0.500. The number of hydrazine groups is 1. The van der Waals surface area contributed by atoms with Gasteiger partial charge in [0.25, 0.3) is 0 Å². The van der Waals surface area contributed by atoms with E-state index in [-0.39, 0.29) is 5.91 Å². The minimum Gasteiger partial charge on any atom is -0.369 e. The molecule has 6 nitrogen and oxygen atoms in total. The van der Waals surface area contributed by atoms with Crippen molar-refractivity contribution in [1.29, 1.82) is 0 Å². The zero-order chi connectivity index (χ0) is 13.4. The van der Waals surface area contributed by atoms with Crippen LogP contribution in [-0.4, -0.2) is 35.4 Å². The molecule has 0 bridgehead atoms. The highest BCUT2D eigenvalue weighted by Crippen LogP contribution is 2.07. The fourth-order valence-electron chi connectivity index (χ4n) is 1.65. The van der Waals surface area contributed by atoms with Crippen molar-refractivity contribution in [3.05, 3.63) is 18.2 Å². The van der Waals surface area contributed by atoms with Gasteiger partial charge in [-0.3, -0.25) is 4.79 Å². The van der Waals surface area contributed by atoms with Crippen molar-refractivity contribution in [3.63, 3.8) is 0 Å². The van der Waals surface area contributed by atoms with Crippen molar-refractivity contribution in [3.8, 4) is 0 Å². The van der Waals surface area contributed by atoms with E-state index in [2.05, 4.69) is 15.7 Å². The third-order valence-corrected chi connectivity index (χ3v) is 2.66. The van der Waals surface area contributed by atoms with Crippen LogP contribution >= 0.6 is 0 Å². The maximum atomic E-state index is 11.8. The van der Waals surface area contributed by atoms with Crippen LogP contribution in [0.25, 0.3) is 0 Å². The molecule has 0 saturated carbocycles. The molecule has 1 rings (SSSR count). The van der Waals surface area contributed by atoms with Gasteiger partial charge in [0.15, 0.2) is 0 Å². The molecule has 1 aromatic heterocycles. The van der Waals surface area contributed by atoms with Crippen LogP contribution in [-0.2, 0) is 4.79 Å². The molecular weight excluding hydrogens is 230 g/mol. The summed E-state index contributed by atoms with van der Waals surface area (Å²) in [5.41, 5.74) is 2.48. The lowest BCUT2D eigenvalue weighted by molar-refractivity contribution is -0.130. The van der Waals surface area contributed by atoms with Gasteiger partial charge in [-0.1, -0.05) is 6.07 Å². The number of anilines is 2. The van der Waals surface area contributed by atoms with Gasteiger partial charge in [0.2, 0.25) is 5.91 Å². The van der Waals surface area contributed by atoms with Crippen molar-refractivity contribution >= 4 is 17.5 Å². The van der Waals surface area contributed by atoms with Gasteiger partial charge in [-0.2, -0.15) is 0 Å². The number of amides is 1. The first-order chi connectivity index (χ1) is 8.71. The second kappa shape index (κ2) is 7.50. The number of nitrogens with one attached hydrogen (secondary N) is 2. The fourth-order valence-corrected chi connectivity index (χ4v) is 1.65. The van der Waals surface area contributed by atoms with E-state index >= 15 is 0 Å². The standard InChI is InChI=1S/C12H21N5O/c1-3-17(4-2)12(18)8-9-14-10-6-5-7-11(15-10)16-13/h5-7H,3-4,8-9,13H2,1-2H3,(H2,14,15,16). The van der Waals surface area contributed by atoms with Crippen LogP contribution in [0, 0.1) is 0 Å². The van der Waals surface area contributed by atoms with Gasteiger partial charge in [-0.15, -0.1) is 0 Å². The summed E-state index contributed by atoms with van der Waals surface area (Å²) in [7, 11) is 0. The average Bonchev–Trinajstić information content (AvgIpc) is 2.40. The van der Waals surface area contributed by atoms with E-state index in [1.807, 2.05) is 30.9 Å². The zero-order valence-electron chi connectivity index (χ0n) is 10.9. The predicted molar refractivity (Wildman–Crippen MR) is 73.1 cm³/mol. The second-order valence-electron chi connectivity index (χ2n) is 3.80. The Kier molecular flexibility index (Phi) is 5.93. The maximum absolute atomic E-state index is 11.8. The Morgan fingerprint density at radius 1 is 1.33 bits per heavy atom. The Morgan fingerprint density at radius 3 is 2.61 bits per heavy atom. The molecule has 1 heterocycles. The van der Waals surface area contributed by atoms with E-state index in [1.165, 1.54) is 0 Å². The summed E-state index contributed by atoms with van der Waals surface area (Å²) < 4.78 is 0. The molecule has 6 heteroatoms.